The molecule has 2 aromatic carbocycles. The normalized spacial score (nSPS) is 11.5. The van der Waals surface area contributed by atoms with Crippen LogP contribution in [0.2, 0.25) is 5.02 Å². The molecule has 0 aliphatic heterocycles. The Morgan fingerprint density at radius 1 is 1.04 bits per heavy atom. The Morgan fingerprint density at radius 2 is 1.72 bits per heavy atom. The van der Waals surface area contributed by atoms with Crippen LogP contribution in [0.25, 0.3) is 0 Å². The fraction of sp³-hybridized carbons (Fsp3) is 0.0625. The first-order valence-electron chi connectivity index (χ1n) is 7.09. The minimum atomic E-state index is -3.87. The van der Waals surface area contributed by atoms with Crippen molar-refractivity contribution >= 4 is 27.4 Å². The van der Waals surface area contributed by atoms with E-state index >= 15 is 0 Å². The van der Waals surface area contributed by atoms with Crippen LogP contribution in [-0.4, -0.2) is 18.2 Å². The molecule has 0 fully saturated rings. The lowest BCUT2D eigenvalue weighted by Gasteiger charge is -2.06. The first-order valence-corrected chi connectivity index (χ1v) is 8.95. The summed E-state index contributed by atoms with van der Waals surface area (Å²) < 4.78 is 54.2. The summed E-state index contributed by atoms with van der Waals surface area (Å²) in [4.78, 5) is -0.0787. The lowest BCUT2D eigenvalue weighted by molar-refractivity contribution is 0.599. The van der Waals surface area contributed by atoms with Crippen LogP contribution in [0.1, 0.15) is 5.56 Å². The fourth-order valence-corrected chi connectivity index (χ4v) is 3.36. The molecule has 0 spiro atoms. The smallest absolute Gasteiger partial charge is 0.263 e. The maximum Gasteiger partial charge on any atom is 0.263 e. The molecule has 3 aromatic rings. The van der Waals surface area contributed by atoms with Gasteiger partial charge in [-0.3, -0.25) is 9.40 Å². The molecule has 0 radical (unpaired) electrons. The number of nitrogens with one attached hydrogen (secondary N) is 1. The molecule has 0 amide bonds. The number of hydrogen-bond donors (Lipinski definition) is 1. The van der Waals surface area contributed by atoms with E-state index in [-0.39, 0.29) is 22.3 Å². The summed E-state index contributed by atoms with van der Waals surface area (Å²) in [5, 5.41) is 4.35. The lowest BCUT2D eigenvalue weighted by Crippen LogP contribution is -2.13. The van der Waals surface area contributed by atoms with E-state index in [1.165, 1.54) is 28.9 Å². The molecule has 0 saturated heterocycles. The van der Waals surface area contributed by atoms with Crippen LogP contribution in [0, 0.1) is 11.6 Å². The van der Waals surface area contributed by atoms with Gasteiger partial charge in [0, 0.05) is 17.3 Å². The van der Waals surface area contributed by atoms with Gasteiger partial charge in [0.1, 0.15) is 11.6 Å². The predicted octanol–water partition coefficient (Wildman–Crippen LogP) is 3.66. The fourth-order valence-electron chi connectivity index (χ4n) is 2.14. The molecule has 0 aliphatic carbocycles. The minimum absolute atomic E-state index is 0.0787. The first-order chi connectivity index (χ1) is 11.8. The average molecular weight is 384 g/mol. The highest BCUT2D eigenvalue weighted by atomic mass is 35.5. The highest BCUT2D eigenvalue weighted by Gasteiger charge is 2.15. The van der Waals surface area contributed by atoms with E-state index in [2.05, 4.69) is 9.82 Å². The number of benzene rings is 2. The quantitative estimate of drug-likeness (QED) is 0.731. The van der Waals surface area contributed by atoms with Gasteiger partial charge < -0.3 is 0 Å². The van der Waals surface area contributed by atoms with E-state index in [9.17, 15) is 17.2 Å². The molecule has 1 heterocycles. The second-order valence-corrected chi connectivity index (χ2v) is 7.28. The highest BCUT2D eigenvalue weighted by molar-refractivity contribution is 7.92. The third-order valence-electron chi connectivity index (χ3n) is 3.35. The predicted molar refractivity (Wildman–Crippen MR) is 89.9 cm³/mol. The van der Waals surface area contributed by atoms with Crippen molar-refractivity contribution in [3.05, 3.63) is 76.9 Å². The Hall–Kier alpha value is -2.45. The molecular weight excluding hydrogens is 372 g/mol. The Bertz CT molecular complexity index is 1000. The Labute approximate surface area is 147 Å². The highest BCUT2D eigenvalue weighted by Crippen LogP contribution is 2.19. The van der Waals surface area contributed by atoms with Crippen molar-refractivity contribution in [2.45, 2.75) is 11.4 Å². The zero-order valence-electron chi connectivity index (χ0n) is 12.7. The third kappa shape index (κ3) is 4.15. The van der Waals surface area contributed by atoms with Gasteiger partial charge in [-0.25, -0.2) is 17.2 Å². The molecule has 5 nitrogen and oxygen atoms in total. The summed E-state index contributed by atoms with van der Waals surface area (Å²) in [6.07, 6.45) is 1.56. The van der Waals surface area contributed by atoms with Gasteiger partial charge in [0.25, 0.3) is 10.0 Å². The van der Waals surface area contributed by atoms with Crippen LogP contribution in [0.5, 0.6) is 0 Å². The molecule has 0 bridgehead atoms. The van der Waals surface area contributed by atoms with E-state index in [1.807, 2.05) is 0 Å². The van der Waals surface area contributed by atoms with Crippen molar-refractivity contribution in [3.63, 3.8) is 0 Å². The summed E-state index contributed by atoms with van der Waals surface area (Å²) in [7, 11) is -3.87. The van der Waals surface area contributed by atoms with Crippen LogP contribution in [0.4, 0.5) is 14.6 Å². The van der Waals surface area contributed by atoms with E-state index < -0.39 is 21.7 Å². The second kappa shape index (κ2) is 6.81. The van der Waals surface area contributed by atoms with Gasteiger partial charge in [0.15, 0.2) is 5.82 Å². The van der Waals surface area contributed by atoms with Crippen molar-refractivity contribution in [1.29, 1.82) is 0 Å². The van der Waals surface area contributed by atoms with Gasteiger partial charge in [-0.2, -0.15) is 5.10 Å². The first kappa shape index (κ1) is 17.4. The van der Waals surface area contributed by atoms with Gasteiger partial charge in [-0.15, -0.1) is 0 Å². The van der Waals surface area contributed by atoms with Crippen LogP contribution in [-0.2, 0) is 16.6 Å². The molecule has 130 valence electrons. The minimum Gasteiger partial charge on any atom is -0.266 e. The zero-order valence-corrected chi connectivity index (χ0v) is 14.2. The number of halogens is 3. The maximum absolute atomic E-state index is 13.1. The summed E-state index contributed by atoms with van der Waals surface area (Å²) in [5.74, 6) is -0.871. The number of sulfonamides is 1. The van der Waals surface area contributed by atoms with E-state index in [0.29, 0.717) is 5.56 Å². The topological polar surface area (TPSA) is 64.0 Å². The number of anilines is 1. The van der Waals surface area contributed by atoms with Crippen molar-refractivity contribution < 1.29 is 17.2 Å². The summed E-state index contributed by atoms with van der Waals surface area (Å²) in [5.41, 5.74) is 0.638. The maximum atomic E-state index is 13.1. The van der Waals surface area contributed by atoms with Gasteiger partial charge in [0.05, 0.1) is 11.4 Å². The Balaban J connectivity index is 1.76. The number of aromatic nitrogens is 2. The van der Waals surface area contributed by atoms with Crippen LogP contribution < -0.4 is 4.72 Å². The van der Waals surface area contributed by atoms with E-state index in [0.717, 1.165) is 24.3 Å². The monoisotopic (exact) mass is 383 g/mol. The summed E-state index contributed by atoms with van der Waals surface area (Å²) >= 11 is 5.96. The molecule has 1 N–H and O–H groups in total. The van der Waals surface area contributed by atoms with Gasteiger partial charge in [-0.05, 0) is 42.0 Å². The molecule has 25 heavy (non-hydrogen) atoms. The van der Waals surface area contributed by atoms with Crippen molar-refractivity contribution in [1.82, 2.24) is 9.78 Å². The molecule has 0 aliphatic rings. The standard InChI is InChI=1S/C16H12ClF2N3O2S/c17-15-9-13(19)2-1-11(15)10-22-8-7-16(20-22)21-25(23,24)14-5-3-12(18)4-6-14/h1-9H,10H2,(H,20,21). The number of rotatable bonds is 5. The van der Waals surface area contributed by atoms with Crippen molar-refractivity contribution in [2.24, 2.45) is 0 Å². The molecule has 0 atom stereocenters. The summed E-state index contributed by atoms with van der Waals surface area (Å²) in [6.45, 7) is 0.247. The SMILES string of the molecule is O=S(=O)(Nc1ccn(Cc2ccc(F)cc2Cl)n1)c1ccc(F)cc1. The van der Waals surface area contributed by atoms with Crippen LogP contribution >= 0.6 is 11.6 Å². The molecule has 1 aromatic heterocycles. The molecular formula is C16H12ClF2N3O2S. The largest absolute Gasteiger partial charge is 0.266 e. The second-order valence-electron chi connectivity index (χ2n) is 5.19. The van der Waals surface area contributed by atoms with Crippen molar-refractivity contribution in [3.8, 4) is 0 Å². The molecule has 0 saturated carbocycles. The Kier molecular flexibility index (Phi) is 4.73. The average Bonchev–Trinajstić information content (AvgIpc) is 2.97. The van der Waals surface area contributed by atoms with Crippen LogP contribution in [0.15, 0.2) is 59.6 Å². The molecule has 9 heteroatoms. The number of nitrogens with zero attached hydrogens (tertiary/aromatic N) is 2. The lowest BCUT2D eigenvalue weighted by atomic mass is 10.2. The van der Waals surface area contributed by atoms with E-state index in [4.69, 9.17) is 11.6 Å². The van der Waals surface area contributed by atoms with Gasteiger partial charge in [-0.1, -0.05) is 17.7 Å². The number of hydrogen-bond acceptors (Lipinski definition) is 3. The summed E-state index contributed by atoms with van der Waals surface area (Å²) in [6, 6.07) is 9.91. The third-order valence-corrected chi connectivity index (χ3v) is 5.07. The zero-order chi connectivity index (χ0) is 18.0. The van der Waals surface area contributed by atoms with Crippen LogP contribution in [0.3, 0.4) is 0 Å². The van der Waals surface area contributed by atoms with Gasteiger partial charge >= 0.3 is 0 Å². The Morgan fingerprint density at radius 3 is 2.40 bits per heavy atom. The van der Waals surface area contributed by atoms with Gasteiger partial charge in [0.2, 0.25) is 0 Å². The van der Waals surface area contributed by atoms with E-state index in [1.54, 1.807) is 6.20 Å². The molecule has 0 unspecified atom stereocenters. The van der Waals surface area contributed by atoms with Crippen molar-refractivity contribution in [2.75, 3.05) is 4.72 Å². The molecule has 3 rings (SSSR count).